The fraction of sp³-hybridized carbons (Fsp3) is 0.400. The second-order valence-corrected chi connectivity index (χ2v) is 7.30. The van der Waals surface area contributed by atoms with Gasteiger partial charge in [0, 0.05) is 38.8 Å². The van der Waals surface area contributed by atoms with Gasteiger partial charge in [0.15, 0.2) is 5.96 Å². The number of nitrogens with zero attached hydrogens (tertiary/aromatic N) is 3. The standard InChI is InChI=1S/C20H24ClN5O/c1-22-20(24-12-16-11-14-5-2-3-7-18(14)27-16)25-15-8-10-26(13-15)19-17(21)6-4-9-23-19/h2-7,9,15-16H,8,10-13H2,1H3,(H2,22,24,25). The molecule has 7 heteroatoms. The predicted octanol–water partition coefficient (Wildman–Crippen LogP) is 2.48. The van der Waals surface area contributed by atoms with E-state index in [0.29, 0.717) is 11.1 Å². The Balaban J connectivity index is 1.27. The maximum absolute atomic E-state index is 6.27. The number of halogens is 1. The van der Waals surface area contributed by atoms with Crippen LogP contribution in [0, 0.1) is 0 Å². The average Bonchev–Trinajstić information content (AvgIpc) is 3.32. The molecule has 2 aliphatic rings. The van der Waals surface area contributed by atoms with Gasteiger partial charge in [0.2, 0.25) is 0 Å². The van der Waals surface area contributed by atoms with Crippen molar-refractivity contribution in [2.45, 2.75) is 25.0 Å². The van der Waals surface area contributed by atoms with Crippen LogP contribution < -0.4 is 20.3 Å². The van der Waals surface area contributed by atoms with Gasteiger partial charge in [0.05, 0.1) is 11.6 Å². The van der Waals surface area contributed by atoms with E-state index in [4.69, 9.17) is 16.3 Å². The Morgan fingerprint density at radius 3 is 3.04 bits per heavy atom. The molecule has 0 aliphatic carbocycles. The molecule has 0 bridgehead atoms. The van der Waals surface area contributed by atoms with Crippen LogP contribution >= 0.6 is 11.6 Å². The lowest BCUT2D eigenvalue weighted by Crippen LogP contribution is -2.47. The van der Waals surface area contributed by atoms with Crippen LogP contribution in [0.4, 0.5) is 5.82 Å². The SMILES string of the molecule is CN=C(NCC1Cc2ccccc2O1)NC1CCN(c2ncccc2Cl)C1. The van der Waals surface area contributed by atoms with Crippen LogP contribution in [0.1, 0.15) is 12.0 Å². The zero-order chi connectivity index (χ0) is 18.6. The quantitative estimate of drug-likeness (QED) is 0.625. The monoisotopic (exact) mass is 385 g/mol. The molecule has 1 saturated heterocycles. The Morgan fingerprint density at radius 2 is 2.22 bits per heavy atom. The van der Waals surface area contributed by atoms with Crippen molar-refractivity contribution < 1.29 is 4.74 Å². The van der Waals surface area contributed by atoms with Crippen molar-refractivity contribution in [3.05, 3.63) is 53.2 Å². The molecular formula is C20H24ClN5O. The van der Waals surface area contributed by atoms with Gasteiger partial charge in [-0.1, -0.05) is 29.8 Å². The van der Waals surface area contributed by atoms with E-state index in [2.05, 4.69) is 37.6 Å². The number of pyridine rings is 1. The number of ether oxygens (including phenoxy) is 1. The molecule has 0 amide bonds. The molecule has 0 saturated carbocycles. The van der Waals surface area contributed by atoms with Gasteiger partial charge < -0.3 is 20.3 Å². The van der Waals surface area contributed by atoms with Crippen LogP contribution in [-0.2, 0) is 6.42 Å². The summed E-state index contributed by atoms with van der Waals surface area (Å²) < 4.78 is 5.98. The lowest BCUT2D eigenvalue weighted by molar-refractivity contribution is 0.234. The van der Waals surface area contributed by atoms with Crippen molar-refractivity contribution in [3.63, 3.8) is 0 Å². The van der Waals surface area contributed by atoms with E-state index in [0.717, 1.165) is 50.0 Å². The Kier molecular flexibility index (Phi) is 5.34. The lowest BCUT2D eigenvalue weighted by Gasteiger charge is -2.21. The van der Waals surface area contributed by atoms with E-state index < -0.39 is 0 Å². The zero-order valence-electron chi connectivity index (χ0n) is 15.4. The Bertz CT molecular complexity index is 803. The highest BCUT2D eigenvalue weighted by Gasteiger charge is 2.26. The molecular weight excluding hydrogens is 362 g/mol. The van der Waals surface area contributed by atoms with E-state index in [9.17, 15) is 0 Å². The van der Waals surface area contributed by atoms with Gasteiger partial charge in [-0.15, -0.1) is 0 Å². The van der Waals surface area contributed by atoms with Crippen LogP contribution in [0.5, 0.6) is 5.75 Å². The van der Waals surface area contributed by atoms with Gasteiger partial charge in [-0.3, -0.25) is 4.99 Å². The van der Waals surface area contributed by atoms with Gasteiger partial charge >= 0.3 is 0 Å². The highest BCUT2D eigenvalue weighted by atomic mass is 35.5. The molecule has 2 N–H and O–H groups in total. The number of fused-ring (bicyclic) bond motifs is 1. The van der Waals surface area contributed by atoms with Crippen molar-refractivity contribution in [2.75, 3.05) is 31.6 Å². The van der Waals surface area contributed by atoms with Gasteiger partial charge in [-0.2, -0.15) is 0 Å². The first-order valence-corrected chi connectivity index (χ1v) is 9.68. The number of aliphatic imine (C=N–C) groups is 1. The fourth-order valence-corrected chi connectivity index (χ4v) is 3.89. The first-order chi connectivity index (χ1) is 13.2. The predicted molar refractivity (Wildman–Crippen MR) is 109 cm³/mol. The van der Waals surface area contributed by atoms with E-state index >= 15 is 0 Å². The van der Waals surface area contributed by atoms with Crippen molar-refractivity contribution in [1.29, 1.82) is 0 Å². The summed E-state index contributed by atoms with van der Waals surface area (Å²) in [6.07, 6.45) is 3.85. The third-order valence-corrected chi connectivity index (χ3v) is 5.30. The van der Waals surface area contributed by atoms with Crippen LogP contribution in [0.2, 0.25) is 5.02 Å². The summed E-state index contributed by atoms with van der Waals surface area (Å²) in [5.74, 6) is 2.64. The molecule has 0 spiro atoms. The highest BCUT2D eigenvalue weighted by Crippen LogP contribution is 2.28. The molecule has 1 aromatic carbocycles. The summed E-state index contributed by atoms with van der Waals surface area (Å²) in [5, 5.41) is 7.59. The highest BCUT2D eigenvalue weighted by molar-refractivity contribution is 6.32. The first-order valence-electron chi connectivity index (χ1n) is 9.30. The minimum Gasteiger partial charge on any atom is -0.488 e. The number of para-hydroxylation sites is 1. The second kappa shape index (κ2) is 8.05. The minimum absolute atomic E-state index is 0.133. The van der Waals surface area contributed by atoms with E-state index in [-0.39, 0.29) is 6.10 Å². The normalized spacial score (nSPS) is 21.7. The molecule has 1 fully saturated rings. The number of benzene rings is 1. The molecule has 4 rings (SSSR count). The third kappa shape index (κ3) is 4.11. The average molecular weight is 386 g/mol. The summed E-state index contributed by atoms with van der Waals surface area (Å²) in [5.41, 5.74) is 1.27. The van der Waals surface area contributed by atoms with Gasteiger partial charge in [0.1, 0.15) is 17.7 Å². The lowest BCUT2D eigenvalue weighted by atomic mass is 10.1. The molecule has 2 aromatic rings. The summed E-state index contributed by atoms with van der Waals surface area (Å²) >= 11 is 6.27. The first kappa shape index (κ1) is 17.9. The van der Waals surface area contributed by atoms with Crippen LogP contribution in [0.3, 0.4) is 0 Å². The van der Waals surface area contributed by atoms with Crippen molar-refractivity contribution in [2.24, 2.45) is 4.99 Å². The molecule has 27 heavy (non-hydrogen) atoms. The Morgan fingerprint density at radius 1 is 1.33 bits per heavy atom. The molecule has 2 aliphatic heterocycles. The smallest absolute Gasteiger partial charge is 0.191 e. The zero-order valence-corrected chi connectivity index (χ0v) is 16.1. The van der Waals surface area contributed by atoms with E-state index in [1.54, 1.807) is 13.2 Å². The molecule has 1 aromatic heterocycles. The summed E-state index contributed by atoms with van der Waals surface area (Å²) in [4.78, 5) is 11.0. The second-order valence-electron chi connectivity index (χ2n) is 6.89. The van der Waals surface area contributed by atoms with Crippen LogP contribution in [-0.4, -0.2) is 49.8 Å². The number of hydrogen-bond acceptors (Lipinski definition) is 4. The van der Waals surface area contributed by atoms with E-state index in [1.165, 1.54) is 5.56 Å². The maximum atomic E-state index is 6.27. The molecule has 6 nitrogen and oxygen atoms in total. The molecule has 2 unspecified atom stereocenters. The largest absolute Gasteiger partial charge is 0.488 e. The van der Waals surface area contributed by atoms with Crippen molar-refractivity contribution in [3.8, 4) is 5.75 Å². The third-order valence-electron chi connectivity index (χ3n) is 5.00. The summed E-state index contributed by atoms with van der Waals surface area (Å²) in [6.45, 7) is 2.49. The van der Waals surface area contributed by atoms with Gasteiger partial charge in [-0.05, 0) is 30.2 Å². The Labute approximate surface area is 164 Å². The summed E-state index contributed by atoms with van der Waals surface area (Å²) in [7, 11) is 1.79. The topological polar surface area (TPSA) is 61.8 Å². The van der Waals surface area contributed by atoms with E-state index in [1.807, 2.05) is 24.3 Å². The number of nitrogens with one attached hydrogen (secondary N) is 2. The molecule has 142 valence electrons. The number of hydrogen-bond donors (Lipinski definition) is 2. The number of anilines is 1. The van der Waals surface area contributed by atoms with Crippen molar-refractivity contribution >= 4 is 23.4 Å². The van der Waals surface area contributed by atoms with Crippen LogP contribution in [0.25, 0.3) is 0 Å². The van der Waals surface area contributed by atoms with Crippen LogP contribution in [0.15, 0.2) is 47.6 Å². The van der Waals surface area contributed by atoms with Crippen molar-refractivity contribution in [1.82, 2.24) is 15.6 Å². The number of guanidine groups is 1. The summed E-state index contributed by atoms with van der Waals surface area (Å²) in [6, 6.07) is 12.2. The van der Waals surface area contributed by atoms with Gasteiger partial charge in [0.25, 0.3) is 0 Å². The molecule has 0 radical (unpaired) electrons. The maximum Gasteiger partial charge on any atom is 0.191 e. The molecule has 3 heterocycles. The number of rotatable bonds is 4. The number of aromatic nitrogens is 1. The molecule has 2 atom stereocenters. The van der Waals surface area contributed by atoms with Gasteiger partial charge in [-0.25, -0.2) is 4.98 Å². The minimum atomic E-state index is 0.133. The Hall–Kier alpha value is -2.47. The fourth-order valence-electron chi connectivity index (χ4n) is 3.65.